The van der Waals surface area contributed by atoms with Gasteiger partial charge in [-0.15, -0.1) is 0 Å². The lowest BCUT2D eigenvalue weighted by Crippen LogP contribution is -2.39. The fourth-order valence-corrected chi connectivity index (χ4v) is 3.14. The van der Waals surface area contributed by atoms with Crippen molar-refractivity contribution >= 4 is 11.6 Å². The number of benzene rings is 2. The molecule has 1 aliphatic rings. The van der Waals surface area contributed by atoms with E-state index < -0.39 is 0 Å². The highest BCUT2D eigenvalue weighted by atomic mass is 16.5. The van der Waals surface area contributed by atoms with E-state index in [-0.39, 0.29) is 11.9 Å². The minimum absolute atomic E-state index is 0.126. The van der Waals surface area contributed by atoms with Gasteiger partial charge in [-0.2, -0.15) is 0 Å². The molecule has 144 valence electrons. The third-order valence-corrected chi connectivity index (χ3v) is 4.62. The van der Waals surface area contributed by atoms with Gasteiger partial charge in [0.1, 0.15) is 17.5 Å². The van der Waals surface area contributed by atoms with Crippen LogP contribution in [0.15, 0.2) is 42.5 Å². The van der Waals surface area contributed by atoms with Crippen molar-refractivity contribution in [1.82, 2.24) is 4.90 Å². The Bertz CT molecular complexity index is 770. The fraction of sp³-hybridized carbons (Fsp3) is 0.381. The van der Waals surface area contributed by atoms with Crippen LogP contribution in [0.1, 0.15) is 19.8 Å². The standard InChI is InChI=1S/C21H26N2O4/c1-15(21(24)23-12-4-5-13-23)22-16-6-11-19(26-3)20(14-16)27-18-9-7-17(25-2)8-10-18/h6-11,14-15,22H,4-5,12-13H2,1-3H3/t15-/m1/s1. The Morgan fingerprint density at radius 1 is 0.963 bits per heavy atom. The molecule has 0 saturated carbocycles. The number of nitrogens with one attached hydrogen (secondary N) is 1. The largest absolute Gasteiger partial charge is 0.497 e. The molecule has 3 rings (SSSR count). The first-order valence-corrected chi connectivity index (χ1v) is 9.16. The highest BCUT2D eigenvalue weighted by Crippen LogP contribution is 2.34. The van der Waals surface area contributed by atoms with E-state index in [4.69, 9.17) is 14.2 Å². The third-order valence-electron chi connectivity index (χ3n) is 4.62. The minimum atomic E-state index is -0.301. The molecule has 6 nitrogen and oxygen atoms in total. The lowest BCUT2D eigenvalue weighted by atomic mass is 10.2. The van der Waals surface area contributed by atoms with E-state index in [1.165, 1.54) is 0 Å². The van der Waals surface area contributed by atoms with Gasteiger partial charge in [-0.3, -0.25) is 4.79 Å². The number of hydrogen-bond donors (Lipinski definition) is 1. The third kappa shape index (κ3) is 4.64. The molecule has 0 bridgehead atoms. The van der Waals surface area contributed by atoms with Gasteiger partial charge in [0.15, 0.2) is 11.5 Å². The van der Waals surface area contributed by atoms with Gasteiger partial charge in [0.05, 0.1) is 14.2 Å². The fourth-order valence-electron chi connectivity index (χ4n) is 3.14. The normalized spacial score (nSPS) is 14.6. The lowest BCUT2D eigenvalue weighted by Gasteiger charge is -2.22. The highest BCUT2D eigenvalue weighted by molar-refractivity contribution is 5.84. The number of nitrogens with zero attached hydrogens (tertiary/aromatic N) is 1. The number of likely N-dealkylation sites (tertiary alicyclic amines) is 1. The lowest BCUT2D eigenvalue weighted by molar-refractivity contribution is -0.130. The summed E-state index contributed by atoms with van der Waals surface area (Å²) in [5, 5.41) is 3.27. The maximum atomic E-state index is 12.5. The Morgan fingerprint density at radius 3 is 2.26 bits per heavy atom. The summed E-state index contributed by atoms with van der Waals surface area (Å²) in [5.74, 6) is 2.76. The second-order valence-corrected chi connectivity index (χ2v) is 6.54. The van der Waals surface area contributed by atoms with Crippen molar-refractivity contribution in [2.24, 2.45) is 0 Å². The summed E-state index contributed by atoms with van der Waals surface area (Å²) in [6, 6.07) is 12.6. The van der Waals surface area contributed by atoms with Crippen LogP contribution in [-0.2, 0) is 4.79 Å². The number of ether oxygens (including phenoxy) is 3. The summed E-state index contributed by atoms with van der Waals surface area (Å²) < 4.78 is 16.5. The second kappa shape index (κ2) is 8.66. The van der Waals surface area contributed by atoms with Crippen LogP contribution in [0, 0.1) is 0 Å². The molecule has 2 aromatic carbocycles. The van der Waals surface area contributed by atoms with Crippen LogP contribution >= 0.6 is 0 Å². The Kier molecular flexibility index (Phi) is 6.06. The van der Waals surface area contributed by atoms with E-state index in [1.807, 2.05) is 54.3 Å². The smallest absolute Gasteiger partial charge is 0.244 e. The quantitative estimate of drug-likeness (QED) is 0.800. The van der Waals surface area contributed by atoms with Crippen molar-refractivity contribution < 1.29 is 19.0 Å². The van der Waals surface area contributed by atoms with Crippen molar-refractivity contribution in [1.29, 1.82) is 0 Å². The summed E-state index contributed by atoms with van der Waals surface area (Å²) in [7, 11) is 3.22. The van der Waals surface area contributed by atoms with Crippen LogP contribution in [-0.4, -0.2) is 44.2 Å². The molecule has 6 heteroatoms. The SMILES string of the molecule is COc1ccc(Oc2cc(N[C@H](C)C(=O)N3CCCC3)ccc2OC)cc1. The molecule has 0 spiro atoms. The van der Waals surface area contributed by atoms with Crippen LogP contribution in [0.2, 0.25) is 0 Å². The van der Waals surface area contributed by atoms with Crippen molar-refractivity contribution in [3.05, 3.63) is 42.5 Å². The number of amides is 1. The van der Waals surface area contributed by atoms with E-state index in [0.717, 1.165) is 37.4 Å². The molecule has 1 amide bonds. The van der Waals surface area contributed by atoms with Crippen LogP contribution < -0.4 is 19.5 Å². The van der Waals surface area contributed by atoms with Crippen molar-refractivity contribution in [3.63, 3.8) is 0 Å². The molecule has 1 saturated heterocycles. The number of carbonyl (C=O) groups is 1. The van der Waals surface area contributed by atoms with E-state index in [9.17, 15) is 4.79 Å². The number of anilines is 1. The molecule has 1 heterocycles. The van der Waals surface area contributed by atoms with E-state index in [2.05, 4.69) is 5.32 Å². The first-order chi connectivity index (χ1) is 13.1. The minimum Gasteiger partial charge on any atom is -0.497 e. The van der Waals surface area contributed by atoms with Gasteiger partial charge in [-0.05, 0) is 56.2 Å². The zero-order valence-electron chi connectivity index (χ0n) is 16.0. The van der Waals surface area contributed by atoms with Crippen LogP contribution in [0.3, 0.4) is 0 Å². The van der Waals surface area contributed by atoms with Gasteiger partial charge in [-0.1, -0.05) is 0 Å². The number of methoxy groups -OCH3 is 2. The van der Waals surface area contributed by atoms with Crippen molar-refractivity contribution in [3.8, 4) is 23.0 Å². The molecule has 0 unspecified atom stereocenters. The zero-order chi connectivity index (χ0) is 19.2. The van der Waals surface area contributed by atoms with Gasteiger partial charge >= 0.3 is 0 Å². The summed E-state index contributed by atoms with van der Waals surface area (Å²) >= 11 is 0. The van der Waals surface area contributed by atoms with E-state index in [0.29, 0.717) is 17.2 Å². The zero-order valence-corrected chi connectivity index (χ0v) is 16.0. The Hall–Kier alpha value is -2.89. The maximum absolute atomic E-state index is 12.5. The molecule has 27 heavy (non-hydrogen) atoms. The Labute approximate surface area is 160 Å². The average Bonchev–Trinajstić information content (AvgIpc) is 3.23. The van der Waals surface area contributed by atoms with Crippen LogP contribution in [0.25, 0.3) is 0 Å². The van der Waals surface area contributed by atoms with Crippen LogP contribution in [0.5, 0.6) is 23.0 Å². The molecule has 0 aromatic heterocycles. The summed E-state index contributed by atoms with van der Waals surface area (Å²) in [4.78, 5) is 14.4. The molecule has 1 aliphatic heterocycles. The van der Waals surface area contributed by atoms with Crippen molar-refractivity contribution in [2.75, 3.05) is 32.6 Å². The van der Waals surface area contributed by atoms with Gasteiger partial charge < -0.3 is 24.4 Å². The maximum Gasteiger partial charge on any atom is 0.244 e. The number of carbonyl (C=O) groups excluding carboxylic acids is 1. The molecule has 2 aromatic rings. The molecule has 0 radical (unpaired) electrons. The first kappa shape index (κ1) is 18.9. The summed E-state index contributed by atoms with van der Waals surface area (Å²) in [6.07, 6.45) is 2.17. The molecular weight excluding hydrogens is 344 g/mol. The predicted molar refractivity (Wildman–Crippen MR) is 105 cm³/mol. The Morgan fingerprint density at radius 2 is 1.63 bits per heavy atom. The Balaban J connectivity index is 1.73. The monoisotopic (exact) mass is 370 g/mol. The topological polar surface area (TPSA) is 60.0 Å². The number of hydrogen-bond acceptors (Lipinski definition) is 5. The molecule has 1 atom stereocenters. The molecule has 1 fully saturated rings. The summed E-state index contributed by atoms with van der Waals surface area (Å²) in [5.41, 5.74) is 0.805. The van der Waals surface area contributed by atoms with Gasteiger partial charge in [0, 0.05) is 24.8 Å². The van der Waals surface area contributed by atoms with Gasteiger partial charge in [0.25, 0.3) is 0 Å². The first-order valence-electron chi connectivity index (χ1n) is 9.16. The van der Waals surface area contributed by atoms with Gasteiger partial charge in [-0.25, -0.2) is 0 Å². The molecular formula is C21H26N2O4. The molecule has 1 N–H and O–H groups in total. The summed E-state index contributed by atoms with van der Waals surface area (Å²) in [6.45, 7) is 3.58. The van der Waals surface area contributed by atoms with Gasteiger partial charge in [0.2, 0.25) is 5.91 Å². The average molecular weight is 370 g/mol. The second-order valence-electron chi connectivity index (χ2n) is 6.54. The number of rotatable bonds is 7. The van der Waals surface area contributed by atoms with E-state index >= 15 is 0 Å². The molecule has 0 aliphatic carbocycles. The van der Waals surface area contributed by atoms with Crippen molar-refractivity contribution in [2.45, 2.75) is 25.8 Å². The van der Waals surface area contributed by atoms with E-state index in [1.54, 1.807) is 14.2 Å². The highest BCUT2D eigenvalue weighted by Gasteiger charge is 2.23. The van der Waals surface area contributed by atoms with Crippen LogP contribution in [0.4, 0.5) is 5.69 Å². The predicted octanol–water partition coefficient (Wildman–Crippen LogP) is 3.92.